The summed E-state index contributed by atoms with van der Waals surface area (Å²) in [5.74, 6) is 1.04. The number of carbonyl (C=O) groups is 1. The molecule has 176 valence electrons. The molecule has 2 aromatic rings. The third-order valence-electron chi connectivity index (χ3n) is 5.69. The van der Waals surface area contributed by atoms with Crippen LogP contribution in [0, 0.1) is 0 Å². The molecule has 3 rings (SSSR count). The summed E-state index contributed by atoms with van der Waals surface area (Å²) in [5.41, 5.74) is 0.790. The van der Waals surface area contributed by atoms with E-state index in [4.69, 9.17) is 0 Å². The number of carbonyl (C=O) groups excluding carboxylic acids is 1. The predicted molar refractivity (Wildman–Crippen MR) is 126 cm³/mol. The number of thioether (sulfide) groups is 1. The Hall–Kier alpha value is -1.95. The van der Waals surface area contributed by atoms with Crippen molar-refractivity contribution in [2.45, 2.75) is 37.4 Å². The third-order valence-corrected chi connectivity index (χ3v) is 8.55. The summed E-state index contributed by atoms with van der Waals surface area (Å²) in [7, 11) is -1.51. The van der Waals surface area contributed by atoms with Crippen molar-refractivity contribution < 1.29 is 13.2 Å². The molecule has 1 saturated heterocycles. The van der Waals surface area contributed by atoms with E-state index in [1.54, 1.807) is 29.2 Å². The van der Waals surface area contributed by atoms with Gasteiger partial charge in [-0.25, -0.2) is 8.42 Å². The van der Waals surface area contributed by atoms with Gasteiger partial charge in [-0.2, -0.15) is 4.31 Å². The van der Waals surface area contributed by atoms with E-state index in [2.05, 4.69) is 15.1 Å². The second kappa shape index (κ2) is 10.8. The number of rotatable bonds is 9. The molecule has 1 aromatic heterocycles. The zero-order valence-electron chi connectivity index (χ0n) is 19.2. The highest BCUT2D eigenvalue weighted by molar-refractivity contribution is 7.99. The van der Waals surface area contributed by atoms with Crippen LogP contribution in [0.1, 0.15) is 20.8 Å². The molecule has 32 heavy (non-hydrogen) atoms. The van der Waals surface area contributed by atoms with Crippen LogP contribution in [0.15, 0.2) is 34.3 Å². The van der Waals surface area contributed by atoms with E-state index in [1.807, 2.05) is 32.4 Å². The van der Waals surface area contributed by atoms with Gasteiger partial charge in [-0.3, -0.25) is 4.79 Å². The number of piperazine rings is 1. The van der Waals surface area contributed by atoms with Gasteiger partial charge >= 0.3 is 0 Å². The summed E-state index contributed by atoms with van der Waals surface area (Å²) in [5, 5.41) is 9.26. The summed E-state index contributed by atoms with van der Waals surface area (Å²) in [6.45, 7) is 10.4. The van der Waals surface area contributed by atoms with Gasteiger partial charge in [0.25, 0.3) is 0 Å². The predicted octanol–water partition coefficient (Wildman–Crippen LogP) is 1.86. The zero-order valence-corrected chi connectivity index (χ0v) is 20.8. The van der Waals surface area contributed by atoms with Gasteiger partial charge in [0.2, 0.25) is 15.9 Å². The molecule has 1 aliphatic heterocycles. The first-order valence-electron chi connectivity index (χ1n) is 10.9. The van der Waals surface area contributed by atoms with Crippen molar-refractivity contribution in [1.29, 1.82) is 0 Å². The Morgan fingerprint density at radius 2 is 1.66 bits per heavy atom. The van der Waals surface area contributed by atoms with Crippen molar-refractivity contribution in [3.8, 4) is 11.4 Å². The fraction of sp³-hybridized carbons (Fsp3) is 0.571. The highest BCUT2D eigenvalue weighted by Gasteiger charge is 2.27. The number of amides is 1. The van der Waals surface area contributed by atoms with Gasteiger partial charge in [0, 0.05) is 51.4 Å². The number of hydrogen-bond donors (Lipinski definition) is 0. The molecule has 0 unspecified atom stereocenters. The Labute approximate surface area is 194 Å². The van der Waals surface area contributed by atoms with Gasteiger partial charge in [-0.05, 0) is 52.1 Å². The number of benzene rings is 1. The van der Waals surface area contributed by atoms with Crippen LogP contribution >= 0.6 is 11.8 Å². The first-order valence-corrected chi connectivity index (χ1v) is 13.4. The van der Waals surface area contributed by atoms with Crippen LogP contribution < -0.4 is 0 Å². The molecular formula is C21H32N6O3S2. The van der Waals surface area contributed by atoms with Crippen molar-refractivity contribution in [3.63, 3.8) is 0 Å². The smallest absolute Gasteiger partial charge is 0.243 e. The van der Waals surface area contributed by atoms with Crippen LogP contribution in [0.5, 0.6) is 0 Å². The lowest BCUT2D eigenvalue weighted by molar-refractivity contribution is -0.127. The van der Waals surface area contributed by atoms with Crippen molar-refractivity contribution in [2.24, 2.45) is 0 Å². The van der Waals surface area contributed by atoms with E-state index in [0.29, 0.717) is 49.5 Å². The van der Waals surface area contributed by atoms with Crippen LogP contribution in [-0.2, 0) is 21.4 Å². The van der Waals surface area contributed by atoms with Crippen molar-refractivity contribution >= 4 is 27.7 Å². The molecule has 0 aliphatic carbocycles. The molecule has 1 fully saturated rings. The molecule has 1 aromatic carbocycles. The second-order valence-electron chi connectivity index (χ2n) is 7.64. The van der Waals surface area contributed by atoms with Crippen LogP contribution in [0.2, 0.25) is 0 Å². The Bertz CT molecular complexity index is 1010. The normalized spacial score (nSPS) is 15.8. The Morgan fingerprint density at radius 1 is 1.03 bits per heavy atom. The minimum atomic E-state index is -3.51. The summed E-state index contributed by atoms with van der Waals surface area (Å²) in [6, 6.07) is 6.81. The van der Waals surface area contributed by atoms with Crippen molar-refractivity contribution in [1.82, 2.24) is 28.9 Å². The van der Waals surface area contributed by atoms with Gasteiger partial charge in [0.1, 0.15) is 0 Å². The quantitative estimate of drug-likeness (QED) is 0.506. The lowest BCUT2D eigenvalue weighted by atomic mass is 10.2. The van der Waals surface area contributed by atoms with E-state index in [-0.39, 0.29) is 10.8 Å². The highest BCUT2D eigenvalue weighted by atomic mass is 32.2. The van der Waals surface area contributed by atoms with Crippen molar-refractivity contribution in [2.75, 3.05) is 52.1 Å². The molecular weight excluding hydrogens is 448 g/mol. The fourth-order valence-electron chi connectivity index (χ4n) is 3.64. The standard InChI is InChI=1S/C21H32N6O3S2/c1-5-25(6-2)19(28)16-31-21-23-22-20(27(21)7-3)17-8-10-18(11-9-17)32(29,30)26-14-12-24(4)13-15-26/h8-11H,5-7,12-16H2,1-4H3. The molecule has 0 spiro atoms. The maximum atomic E-state index is 13.0. The fourth-order valence-corrected chi connectivity index (χ4v) is 5.97. The first-order chi connectivity index (χ1) is 15.3. The van der Waals surface area contributed by atoms with Crippen LogP contribution in [-0.4, -0.2) is 95.3 Å². The lowest BCUT2D eigenvalue weighted by Gasteiger charge is -2.31. The average Bonchev–Trinajstić information content (AvgIpc) is 3.21. The van der Waals surface area contributed by atoms with Crippen LogP contribution in [0.25, 0.3) is 11.4 Å². The molecule has 11 heteroatoms. The molecule has 0 atom stereocenters. The topological polar surface area (TPSA) is 91.6 Å². The van der Waals surface area contributed by atoms with Gasteiger partial charge in [-0.15, -0.1) is 10.2 Å². The Balaban J connectivity index is 1.75. The largest absolute Gasteiger partial charge is 0.343 e. The Morgan fingerprint density at radius 3 is 2.22 bits per heavy atom. The number of likely N-dealkylation sites (N-methyl/N-ethyl adjacent to an activating group) is 1. The highest BCUT2D eigenvalue weighted by Crippen LogP contribution is 2.26. The summed E-state index contributed by atoms with van der Waals surface area (Å²) in [6.07, 6.45) is 0. The van der Waals surface area contributed by atoms with E-state index in [1.165, 1.54) is 16.1 Å². The number of aromatic nitrogens is 3. The molecule has 0 bridgehead atoms. The van der Waals surface area contributed by atoms with Gasteiger partial charge < -0.3 is 14.4 Å². The Kier molecular flexibility index (Phi) is 8.32. The molecule has 9 nitrogen and oxygen atoms in total. The summed E-state index contributed by atoms with van der Waals surface area (Å²) >= 11 is 1.37. The van der Waals surface area contributed by atoms with Gasteiger partial charge in [-0.1, -0.05) is 11.8 Å². The lowest BCUT2D eigenvalue weighted by Crippen LogP contribution is -2.46. The van der Waals surface area contributed by atoms with E-state index in [0.717, 1.165) is 18.7 Å². The maximum absolute atomic E-state index is 13.0. The average molecular weight is 481 g/mol. The minimum absolute atomic E-state index is 0.0747. The third kappa shape index (κ3) is 5.33. The second-order valence-corrected chi connectivity index (χ2v) is 10.5. The van der Waals surface area contributed by atoms with Gasteiger partial charge in [0.05, 0.1) is 10.6 Å². The summed E-state index contributed by atoms with van der Waals surface area (Å²) < 4.78 is 29.4. The van der Waals surface area contributed by atoms with E-state index in [9.17, 15) is 13.2 Å². The monoisotopic (exact) mass is 480 g/mol. The van der Waals surface area contributed by atoms with Crippen molar-refractivity contribution in [3.05, 3.63) is 24.3 Å². The molecule has 1 aliphatic rings. The van der Waals surface area contributed by atoms with Gasteiger partial charge in [0.15, 0.2) is 11.0 Å². The minimum Gasteiger partial charge on any atom is -0.343 e. The number of nitrogens with zero attached hydrogens (tertiary/aromatic N) is 6. The number of hydrogen-bond acceptors (Lipinski definition) is 7. The van der Waals surface area contributed by atoms with Crippen LogP contribution in [0.4, 0.5) is 0 Å². The summed E-state index contributed by atoms with van der Waals surface area (Å²) in [4.78, 5) is 16.5. The molecule has 0 N–H and O–H groups in total. The first kappa shape index (κ1) is 24.7. The molecule has 2 heterocycles. The van der Waals surface area contributed by atoms with Crippen LogP contribution in [0.3, 0.4) is 0 Å². The molecule has 1 amide bonds. The van der Waals surface area contributed by atoms with E-state index < -0.39 is 10.0 Å². The van der Waals surface area contributed by atoms with E-state index >= 15 is 0 Å². The molecule has 0 radical (unpaired) electrons. The SMILES string of the molecule is CCN(CC)C(=O)CSc1nnc(-c2ccc(S(=O)(=O)N3CCN(C)CC3)cc2)n1CC. The number of sulfonamides is 1. The zero-order chi connectivity index (χ0) is 23.3. The maximum Gasteiger partial charge on any atom is 0.243 e. The molecule has 0 saturated carbocycles.